The quantitative estimate of drug-likeness (QED) is 0.432. The van der Waals surface area contributed by atoms with Gasteiger partial charge in [0.2, 0.25) is 5.91 Å². The van der Waals surface area contributed by atoms with Crippen molar-refractivity contribution in [2.24, 2.45) is 0 Å². The van der Waals surface area contributed by atoms with Crippen molar-refractivity contribution in [2.45, 2.75) is 51.2 Å². The highest BCUT2D eigenvalue weighted by molar-refractivity contribution is 8.15. The molecule has 0 bridgehead atoms. The fourth-order valence-corrected chi connectivity index (χ4v) is 5.55. The summed E-state index contributed by atoms with van der Waals surface area (Å²) in [6.45, 7) is 6.01. The van der Waals surface area contributed by atoms with Gasteiger partial charge in [0, 0.05) is 24.2 Å². The number of fused-ring (bicyclic) bond motifs is 1. The molecule has 2 amide bonds. The molecule has 0 aliphatic carbocycles. The molecule has 6 nitrogen and oxygen atoms in total. The van der Waals surface area contributed by atoms with Crippen LogP contribution in [0.3, 0.4) is 0 Å². The molecule has 0 saturated carbocycles. The Hall–Kier alpha value is -3.19. The van der Waals surface area contributed by atoms with Crippen molar-refractivity contribution in [3.05, 3.63) is 65.4 Å². The summed E-state index contributed by atoms with van der Waals surface area (Å²) >= 11 is 1.11. The zero-order valence-corrected chi connectivity index (χ0v) is 21.0. The van der Waals surface area contributed by atoms with Crippen LogP contribution in [0.2, 0.25) is 0 Å². The molecule has 3 heterocycles. The van der Waals surface area contributed by atoms with Crippen LogP contribution in [0.5, 0.6) is 0 Å². The third-order valence-corrected chi connectivity index (χ3v) is 7.70. The molecule has 1 aromatic heterocycles. The van der Waals surface area contributed by atoms with Gasteiger partial charge in [0.1, 0.15) is 0 Å². The third kappa shape index (κ3) is 5.25. The Bertz CT molecular complexity index is 1240. The molecule has 0 radical (unpaired) electrons. The van der Waals surface area contributed by atoms with Crippen LogP contribution in [-0.4, -0.2) is 39.5 Å². The fraction of sp³-hybridized carbons (Fsp3) is 0.357. The summed E-state index contributed by atoms with van der Waals surface area (Å²) in [6.07, 6.45) is 4.53. The Morgan fingerprint density at radius 2 is 1.54 bits per heavy atom. The van der Waals surface area contributed by atoms with E-state index in [1.165, 1.54) is 11.1 Å². The van der Waals surface area contributed by atoms with E-state index in [0.29, 0.717) is 0 Å². The zero-order chi connectivity index (χ0) is 24.4. The van der Waals surface area contributed by atoms with E-state index in [-0.39, 0.29) is 16.4 Å². The van der Waals surface area contributed by atoms with Crippen molar-refractivity contribution in [1.82, 2.24) is 15.3 Å². The molecule has 180 valence electrons. The van der Waals surface area contributed by atoms with E-state index in [1.54, 1.807) is 0 Å². The van der Waals surface area contributed by atoms with E-state index in [4.69, 9.17) is 9.97 Å². The molecule has 1 unspecified atom stereocenters. The Morgan fingerprint density at radius 3 is 2.14 bits per heavy atom. The molecule has 1 N–H and O–H groups in total. The maximum Gasteiger partial charge on any atom is 0.286 e. The minimum Gasteiger partial charge on any atom is -0.355 e. The molecule has 7 heteroatoms. The molecule has 1 atom stereocenters. The monoisotopic (exact) mass is 486 g/mol. The molecule has 5 rings (SSSR count). The van der Waals surface area contributed by atoms with E-state index in [0.717, 1.165) is 91.0 Å². The van der Waals surface area contributed by atoms with Crippen molar-refractivity contribution in [3.8, 4) is 22.5 Å². The summed E-state index contributed by atoms with van der Waals surface area (Å²) in [7, 11) is 0. The predicted octanol–water partition coefficient (Wildman–Crippen LogP) is 5.70. The van der Waals surface area contributed by atoms with Gasteiger partial charge in [0.05, 0.1) is 22.3 Å². The highest BCUT2D eigenvalue weighted by Crippen LogP contribution is 2.35. The van der Waals surface area contributed by atoms with Gasteiger partial charge < -0.3 is 4.90 Å². The Morgan fingerprint density at radius 1 is 0.914 bits per heavy atom. The number of nitrogens with zero attached hydrogens (tertiary/aromatic N) is 3. The van der Waals surface area contributed by atoms with Crippen molar-refractivity contribution in [1.29, 1.82) is 0 Å². The minimum atomic E-state index is -0.249. The Kier molecular flexibility index (Phi) is 6.86. The minimum absolute atomic E-state index is 0.152. The summed E-state index contributed by atoms with van der Waals surface area (Å²) in [5.74, 6) is 0.825. The van der Waals surface area contributed by atoms with Crippen LogP contribution in [-0.2, 0) is 11.2 Å². The lowest BCUT2D eigenvalue weighted by Crippen LogP contribution is -2.32. The Balaban J connectivity index is 1.40. The molecule has 0 spiro atoms. The van der Waals surface area contributed by atoms with Crippen molar-refractivity contribution < 1.29 is 9.59 Å². The number of carbonyl (C=O) groups excluding carboxylic acids is 2. The van der Waals surface area contributed by atoms with Crippen LogP contribution in [0, 0.1) is 13.8 Å². The normalized spacial score (nSPS) is 17.4. The first-order valence-electron chi connectivity index (χ1n) is 12.3. The molecule has 2 aliphatic heterocycles. The van der Waals surface area contributed by atoms with Gasteiger partial charge in [-0.1, -0.05) is 77.8 Å². The average molecular weight is 487 g/mol. The first kappa shape index (κ1) is 23.5. The van der Waals surface area contributed by atoms with Crippen LogP contribution in [0.15, 0.2) is 48.5 Å². The molecule has 1 saturated heterocycles. The second-order valence-corrected chi connectivity index (χ2v) is 10.6. The number of anilines is 1. The Labute approximate surface area is 210 Å². The summed E-state index contributed by atoms with van der Waals surface area (Å²) in [4.78, 5) is 36.0. The molecule has 3 aromatic rings. The lowest BCUT2D eigenvalue weighted by Gasteiger charge is -2.30. The largest absolute Gasteiger partial charge is 0.355 e. The highest BCUT2D eigenvalue weighted by atomic mass is 32.2. The number of hydrogen-bond donors (Lipinski definition) is 1. The second kappa shape index (κ2) is 10.2. The van der Waals surface area contributed by atoms with Gasteiger partial charge in [-0.15, -0.1) is 0 Å². The number of carbonyl (C=O) groups is 2. The number of rotatable bonds is 7. The molecular formula is C28H30N4O2S. The van der Waals surface area contributed by atoms with Gasteiger partial charge >= 0.3 is 0 Å². The maximum atomic E-state index is 11.8. The highest BCUT2D eigenvalue weighted by Gasteiger charge is 2.31. The van der Waals surface area contributed by atoms with E-state index in [9.17, 15) is 9.59 Å². The standard InChI is InChI=1S/C28H30N4O2S/c1-18-8-12-20(13-9-18)24-25(21-14-10-19(2)11-15-21)30-26-22(29-24)6-5-17-32(26)16-4-3-7-23-27(33)31-28(34)35-23/h8-15,23H,3-7,16-17H2,1-2H3,(H,31,33,34). The number of unbranched alkanes of at least 4 members (excludes halogenated alkanes) is 1. The fourth-order valence-electron chi connectivity index (χ4n) is 4.68. The number of imide groups is 1. The van der Waals surface area contributed by atoms with Crippen molar-refractivity contribution in [3.63, 3.8) is 0 Å². The first-order chi connectivity index (χ1) is 17.0. The second-order valence-electron chi connectivity index (χ2n) is 9.39. The van der Waals surface area contributed by atoms with Gasteiger partial charge in [0.15, 0.2) is 5.82 Å². The molecule has 1 fully saturated rings. The van der Waals surface area contributed by atoms with Gasteiger partial charge in [-0.25, -0.2) is 9.97 Å². The summed E-state index contributed by atoms with van der Waals surface area (Å²) in [6, 6.07) is 17.0. The first-order valence-corrected chi connectivity index (χ1v) is 13.2. The maximum absolute atomic E-state index is 11.8. The molecule has 2 aliphatic rings. The van der Waals surface area contributed by atoms with Crippen LogP contribution in [0.1, 0.15) is 42.5 Å². The van der Waals surface area contributed by atoms with E-state index >= 15 is 0 Å². The molecular weight excluding hydrogens is 456 g/mol. The van der Waals surface area contributed by atoms with E-state index < -0.39 is 0 Å². The predicted molar refractivity (Wildman–Crippen MR) is 142 cm³/mol. The van der Waals surface area contributed by atoms with Crippen LogP contribution in [0.4, 0.5) is 10.6 Å². The van der Waals surface area contributed by atoms with E-state index in [2.05, 4.69) is 72.6 Å². The van der Waals surface area contributed by atoms with Crippen molar-refractivity contribution in [2.75, 3.05) is 18.0 Å². The van der Waals surface area contributed by atoms with Crippen LogP contribution < -0.4 is 10.2 Å². The number of aryl methyl sites for hydroxylation is 3. The number of amides is 2. The summed E-state index contributed by atoms with van der Waals surface area (Å²) < 4.78 is 0. The van der Waals surface area contributed by atoms with Gasteiger partial charge in [-0.05, 0) is 39.5 Å². The SMILES string of the molecule is Cc1ccc(-c2nc3c(nc2-c2ccc(C)cc2)N(CCCCC2SC(=O)NC2=O)CCC3)cc1. The summed E-state index contributed by atoms with van der Waals surface area (Å²) in [5.41, 5.74) is 7.50. The molecule has 35 heavy (non-hydrogen) atoms. The van der Waals surface area contributed by atoms with Gasteiger partial charge in [-0.2, -0.15) is 0 Å². The smallest absolute Gasteiger partial charge is 0.286 e. The van der Waals surface area contributed by atoms with E-state index in [1.807, 2.05) is 0 Å². The lowest BCUT2D eigenvalue weighted by molar-refractivity contribution is -0.119. The lowest BCUT2D eigenvalue weighted by atomic mass is 10.0. The number of benzene rings is 2. The number of thioether (sulfide) groups is 1. The zero-order valence-electron chi connectivity index (χ0n) is 20.2. The van der Waals surface area contributed by atoms with Crippen LogP contribution in [0.25, 0.3) is 22.5 Å². The molecule has 2 aromatic carbocycles. The topological polar surface area (TPSA) is 75.2 Å². The number of nitrogens with one attached hydrogen (secondary N) is 1. The van der Waals surface area contributed by atoms with Crippen molar-refractivity contribution >= 4 is 28.7 Å². The summed E-state index contributed by atoms with van der Waals surface area (Å²) in [5, 5.41) is 1.90. The van der Waals surface area contributed by atoms with Crippen LogP contribution >= 0.6 is 11.8 Å². The van der Waals surface area contributed by atoms with Gasteiger partial charge in [-0.3, -0.25) is 14.9 Å². The number of hydrogen-bond acceptors (Lipinski definition) is 6. The van der Waals surface area contributed by atoms with Gasteiger partial charge in [0.25, 0.3) is 5.24 Å². The third-order valence-electron chi connectivity index (χ3n) is 6.65. The number of aromatic nitrogens is 2. The average Bonchev–Trinajstić information content (AvgIpc) is 3.18.